The summed E-state index contributed by atoms with van der Waals surface area (Å²) in [6.07, 6.45) is 0. The van der Waals surface area contributed by atoms with E-state index in [0.29, 0.717) is 5.92 Å². The summed E-state index contributed by atoms with van der Waals surface area (Å²) in [6, 6.07) is 8.91. The first-order valence-corrected chi connectivity index (χ1v) is 6.01. The molecule has 86 valence electrons. The quantitative estimate of drug-likeness (QED) is 0.597. The molecule has 0 heteroatoms. The number of hydrogen-bond acceptors (Lipinski definition) is 0. The monoisotopic (exact) mass is 206 g/mol. The van der Waals surface area contributed by atoms with Gasteiger partial charge in [-0.3, -0.25) is 0 Å². The zero-order valence-electron chi connectivity index (χ0n) is 11.4. The van der Waals surface area contributed by atoms with Crippen LogP contribution < -0.4 is 0 Å². The van der Waals surface area contributed by atoms with Crippen molar-refractivity contribution in [1.82, 2.24) is 0 Å². The molecule has 0 aromatic heterocycles. The van der Waals surface area contributed by atoms with E-state index in [2.05, 4.69) is 58.9 Å². The van der Waals surface area contributed by atoms with Crippen molar-refractivity contribution in [3.63, 3.8) is 0 Å². The van der Waals surface area contributed by atoms with Crippen LogP contribution in [-0.4, -0.2) is 0 Å². The maximum Gasteiger partial charge on any atom is -0.0132 e. The predicted molar refractivity (Wildman–Crippen MR) is 70.6 cm³/mol. The Balaban J connectivity index is 0.000000921. The highest BCUT2D eigenvalue weighted by Gasteiger charge is 2.13. The van der Waals surface area contributed by atoms with E-state index in [1.54, 1.807) is 0 Å². The molecule has 0 bridgehead atoms. The van der Waals surface area contributed by atoms with Crippen LogP contribution in [0.3, 0.4) is 0 Å². The lowest BCUT2D eigenvalue weighted by Gasteiger charge is -2.20. The van der Waals surface area contributed by atoms with Crippen LogP contribution in [0.15, 0.2) is 24.3 Å². The summed E-state index contributed by atoms with van der Waals surface area (Å²) in [7, 11) is 0. The van der Waals surface area contributed by atoms with Gasteiger partial charge in [0, 0.05) is 0 Å². The summed E-state index contributed by atoms with van der Waals surface area (Å²) in [5.74, 6) is 0.627. The Kier molecular flexibility index (Phi) is 5.64. The molecule has 0 radical (unpaired) electrons. The van der Waals surface area contributed by atoms with Gasteiger partial charge in [-0.25, -0.2) is 0 Å². The van der Waals surface area contributed by atoms with Crippen LogP contribution in [0.5, 0.6) is 0 Å². The van der Waals surface area contributed by atoms with Gasteiger partial charge in [0.1, 0.15) is 0 Å². The van der Waals surface area contributed by atoms with Gasteiger partial charge in [0.15, 0.2) is 0 Å². The summed E-state index contributed by atoms with van der Waals surface area (Å²) in [5, 5.41) is 0. The average molecular weight is 206 g/mol. The van der Waals surface area contributed by atoms with E-state index in [0.717, 1.165) is 0 Å². The van der Waals surface area contributed by atoms with Crippen molar-refractivity contribution in [3.05, 3.63) is 35.4 Å². The van der Waals surface area contributed by atoms with Gasteiger partial charge in [-0.05, 0) is 22.5 Å². The molecular formula is C15H26. The molecule has 1 aromatic rings. The van der Waals surface area contributed by atoms with Crippen molar-refractivity contribution in [2.75, 3.05) is 0 Å². The van der Waals surface area contributed by atoms with Gasteiger partial charge in [0.05, 0.1) is 0 Å². The number of benzene rings is 1. The van der Waals surface area contributed by atoms with Crippen LogP contribution in [0.25, 0.3) is 0 Å². The zero-order valence-corrected chi connectivity index (χ0v) is 11.4. The maximum absolute atomic E-state index is 2.32. The van der Waals surface area contributed by atoms with Crippen molar-refractivity contribution in [1.29, 1.82) is 0 Å². The molecule has 0 saturated carbocycles. The van der Waals surface area contributed by atoms with Crippen molar-refractivity contribution < 1.29 is 0 Å². The molecule has 0 spiro atoms. The molecule has 0 fully saturated rings. The van der Waals surface area contributed by atoms with Crippen molar-refractivity contribution in [2.24, 2.45) is 0 Å². The molecule has 0 unspecified atom stereocenters. The first kappa shape index (κ1) is 14.2. The minimum atomic E-state index is 0.269. The highest BCUT2D eigenvalue weighted by atomic mass is 14.2. The van der Waals surface area contributed by atoms with E-state index in [-0.39, 0.29) is 5.41 Å². The molecule has 0 N–H and O–H groups in total. The summed E-state index contributed by atoms with van der Waals surface area (Å²) < 4.78 is 0. The minimum Gasteiger partial charge on any atom is -0.0683 e. The minimum absolute atomic E-state index is 0.269. The maximum atomic E-state index is 2.32. The largest absolute Gasteiger partial charge is 0.0683 e. The highest BCUT2D eigenvalue weighted by Crippen LogP contribution is 2.25. The SMILES string of the molecule is CC.CC(C)c1cccc(C(C)(C)C)c1. The van der Waals surface area contributed by atoms with Gasteiger partial charge >= 0.3 is 0 Å². The van der Waals surface area contributed by atoms with E-state index in [4.69, 9.17) is 0 Å². The molecule has 0 aliphatic heterocycles. The standard InChI is InChI=1S/C13H20.C2H6/c1-10(2)11-7-6-8-12(9-11)13(3,4)5;1-2/h6-10H,1-5H3;1-2H3. The molecule has 0 atom stereocenters. The fourth-order valence-corrected chi connectivity index (χ4v) is 1.36. The molecule has 0 saturated heterocycles. The van der Waals surface area contributed by atoms with Gasteiger partial charge in [0.2, 0.25) is 0 Å². The third-order valence-electron chi connectivity index (χ3n) is 2.42. The smallest absolute Gasteiger partial charge is 0.0132 e. The van der Waals surface area contributed by atoms with Gasteiger partial charge in [-0.15, -0.1) is 0 Å². The van der Waals surface area contributed by atoms with Crippen LogP contribution in [-0.2, 0) is 5.41 Å². The molecule has 0 aliphatic rings. The van der Waals surface area contributed by atoms with Crippen LogP contribution in [0.2, 0.25) is 0 Å². The Morgan fingerprint density at radius 3 is 1.93 bits per heavy atom. The topological polar surface area (TPSA) is 0 Å². The molecule has 0 heterocycles. The molecule has 15 heavy (non-hydrogen) atoms. The Hall–Kier alpha value is -0.780. The predicted octanol–water partition coefficient (Wildman–Crippen LogP) is 5.13. The third kappa shape index (κ3) is 4.51. The summed E-state index contributed by atoms with van der Waals surface area (Å²) in [5.41, 5.74) is 3.14. The summed E-state index contributed by atoms with van der Waals surface area (Å²) >= 11 is 0. The van der Waals surface area contributed by atoms with Crippen LogP contribution in [0, 0.1) is 0 Å². The van der Waals surface area contributed by atoms with Crippen LogP contribution >= 0.6 is 0 Å². The molecule has 0 aliphatic carbocycles. The molecule has 1 aromatic carbocycles. The van der Waals surface area contributed by atoms with Gasteiger partial charge < -0.3 is 0 Å². The first-order chi connectivity index (χ1) is 6.91. The van der Waals surface area contributed by atoms with Crippen molar-refractivity contribution in [3.8, 4) is 0 Å². The Morgan fingerprint density at radius 1 is 1.00 bits per heavy atom. The molecule has 0 amide bonds. The Morgan fingerprint density at radius 2 is 1.53 bits per heavy atom. The normalized spacial score (nSPS) is 10.9. The lowest BCUT2D eigenvalue weighted by molar-refractivity contribution is 0.588. The molecule has 0 nitrogen and oxygen atoms in total. The lowest BCUT2D eigenvalue weighted by Crippen LogP contribution is -2.11. The second-order valence-electron chi connectivity index (χ2n) is 5.03. The average Bonchev–Trinajstić information content (AvgIpc) is 2.20. The van der Waals surface area contributed by atoms with E-state index in [1.165, 1.54) is 11.1 Å². The highest BCUT2D eigenvalue weighted by molar-refractivity contribution is 5.30. The molecular weight excluding hydrogens is 180 g/mol. The van der Waals surface area contributed by atoms with Crippen molar-refractivity contribution >= 4 is 0 Å². The molecule has 1 rings (SSSR count). The first-order valence-electron chi connectivity index (χ1n) is 6.01. The van der Waals surface area contributed by atoms with E-state index < -0.39 is 0 Å². The number of rotatable bonds is 1. The second kappa shape index (κ2) is 5.95. The van der Waals surface area contributed by atoms with Crippen molar-refractivity contribution in [2.45, 2.75) is 59.8 Å². The summed E-state index contributed by atoms with van der Waals surface area (Å²) in [6.45, 7) is 15.2. The van der Waals surface area contributed by atoms with Crippen LogP contribution in [0.4, 0.5) is 0 Å². The van der Waals surface area contributed by atoms with Gasteiger partial charge in [0.25, 0.3) is 0 Å². The lowest BCUT2D eigenvalue weighted by atomic mass is 9.85. The van der Waals surface area contributed by atoms with Gasteiger partial charge in [-0.2, -0.15) is 0 Å². The fraction of sp³-hybridized carbons (Fsp3) is 0.600. The van der Waals surface area contributed by atoms with E-state index >= 15 is 0 Å². The van der Waals surface area contributed by atoms with E-state index in [9.17, 15) is 0 Å². The summed E-state index contributed by atoms with van der Waals surface area (Å²) in [4.78, 5) is 0. The number of hydrogen-bond donors (Lipinski definition) is 0. The third-order valence-corrected chi connectivity index (χ3v) is 2.42. The van der Waals surface area contributed by atoms with Gasteiger partial charge in [-0.1, -0.05) is 72.7 Å². The fourth-order valence-electron chi connectivity index (χ4n) is 1.36. The van der Waals surface area contributed by atoms with Crippen LogP contribution in [0.1, 0.15) is 65.5 Å². The van der Waals surface area contributed by atoms with E-state index in [1.807, 2.05) is 13.8 Å². The zero-order chi connectivity index (χ0) is 12.1. The Labute approximate surface area is 95.7 Å². The Bertz CT molecular complexity index is 276. The second-order valence-corrected chi connectivity index (χ2v) is 5.03.